The smallest absolute Gasteiger partial charge is 0.255 e. The summed E-state index contributed by atoms with van der Waals surface area (Å²) < 4.78 is 0.911. The number of carbonyl (C=O) groups is 1. The molecule has 6 heteroatoms. The van der Waals surface area contributed by atoms with E-state index < -0.39 is 0 Å². The van der Waals surface area contributed by atoms with E-state index in [-0.39, 0.29) is 5.91 Å². The van der Waals surface area contributed by atoms with Gasteiger partial charge in [0.05, 0.1) is 0 Å². The molecule has 24 heavy (non-hydrogen) atoms. The van der Waals surface area contributed by atoms with Gasteiger partial charge in [0.25, 0.3) is 5.91 Å². The fourth-order valence-electron chi connectivity index (χ4n) is 2.13. The summed E-state index contributed by atoms with van der Waals surface area (Å²) in [6.07, 6.45) is 5.13. The fraction of sp³-hybridized carbons (Fsp3) is 0.0556. The zero-order chi connectivity index (χ0) is 16.8. The number of hydrogen-bond donors (Lipinski definition) is 2. The minimum absolute atomic E-state index is 0.181. The lowest BCUT2D eigenvalue weighted by atomic mass is 10.2. The summed E-state index contributed by atoms with van der Waals surface area (Å²) >= 11 is 3.39. The second-order valence-electron chi connectivity index (χ2n) is 5.11. The first-order valence-corrected chi connectivity index (χ1v) is 8.16. The van der Waals surface area contributed by atoms with Crippen LogP contribution in [0.4, 0.5) is 11.5 Å². The Labute approximate surface area is 148 Å². The van der Waals surface area contributed by atoms with Gasteiger partial charge in [-0.15, -0.1) is 0 Å². The molecular weight excluding hydrogens is 368 g/mol. The first kappa shape index (κ1) is 16.1. The maximum atomic E-state index is 12.4. The summed E-state index contributed by atoms with van der Waals surface area (Å²) in [4.78, 5) is 20.7. The lowest BCUT2D eigenvalue weighted by Gasteiger charge is -2.08. The normalized spacial score (nSPS) is 10.2. The molecule has 2 heterocycles. The lowest BCUT2D eigenvalue weighted by Crippen LogP contribution is -2.12. The van der Waals surface area contributed by atoms with Crippen LogP contribution in [0.15, 0.2) is 71.6 Å². The molecule has 2 aromatic heterocycles. The van der Waals surface area contributed by atoms with Crippen LogP contribution >= 0.6 is 15.9 Å². The van der Waals surface area contributed by atoms with Crippen molar-refractivity contribution in [1.82, 2.24) is 9.97 Å². The number of nitrogens with one attached hydrogen (secondary N) is 2. The van der Waals surface area contributed by atoms with Crippen LogP contribution in [0, 0.1) is 0 Å². The Kier molecular flexibility index (Phi) is 5.18. The third kappa shape index (κ3) is 4.39. The first-order valence-electron chi connectivity index (χ1n) is 7.36. The van der Waals surface area contributed by atoms with Gasteiger partial charge in [0.2, 0.25) is 0 Å². The van der Waals surface area contributed by atoms with Gasteiger partial charge < -0.3 is 10.6 Å². The molecule has 3 rings (SSSR count). The highest BCUT2D eigenvalue weighted by Crippen LogP contribution is 2.17. The van der Waals surface area contributed by atoms with Gasteiger partial charge in [-0.3, -0.25) is 9.78 Å². The Balaban J connectivity index is 1.67. The van der Waals surface area contributed by atoms with Gasteiger partial charge in [-0.1, -0.05) is 28.1 Å². The lowest BCUT2D eigenvalue weighted by molar-refractivity contribution is 0.102. The van der Waals surface area contributed by atoms with E-state index in [0.717, 1.165) is 15.7 Å². The van der Waals surface area contributed by atoms with Crippen LogP contribution < -0.4 is 10.6 Å². The van der Waals surface area contributed by atoms with Crippen molar-refractivity contribution in [3.63, 3.8) is 0 Å². The van der Waals surface area contributed by atoms with Crippen molar-refractivity contribution < 1.29 is 4.79 Å². The van der Waals surface area contributed by atoms with Crippen molar-refractivity contribution in [2.24, 2.45) is 0 Å². The quantitative estimate of drug-likeness (QED) is 0.696. The number of pyridine rings is 2. The van der Waals surface area contributed by atoms with Gasteiger partial charge in [-0.05, 0) is 42.0 Å². The molecule has 1 aromatic carbocycles. The van der Waals surface area contributed by atoms with E-state index in [4.69, 9.17) is 0 Å². The molecule has 0 atom stereocenters. The average Bonchev–Trinajstić information content (AvgIpc) is 2.61. The highest BCUT2D eigenvalue weighted by Gasteiger charge is 2.08. The van der Waals surface area contributed by atoms with E-state index in [1.165, 1.54) is 0 Å². The Morgan fingerprint density at radius 3 is 2.79 bits per heavy atom. The number of amides is 1. The molecule has 0 aliphatic heterocycles. The van der Waals surface area contributed by atoms with E-state index in [2.05, 4.69) is 36.5 Å². The molecular formula is C18H15BrN4O. The first-order chi connectivity index (χ1) is 11.7. The molecule has 0 unspecified atom stereocenters. The molecule has 0 saturated heterocycles. The summed E-state index contributed by atoms with van der Waals surface area (Å²) in [5.74, 6) is 0.459. The predicted octanol–water partition coefficient (Wildman–Crippen LogP) is 4.10. The summed E-state index contributed by atoms with van der Waals surface area (Å²) in [6.45, 7) is 0.595. The van der Waals surface area contributed by atoms with Crippen LogP contribution in [0.1, 0.15) is 15.9 Å². The molecule has 120 valence electrons. The van der Waals surface area contributed by atoms with Crippen LogP contribution in [0.3, 0.4) is 0 Å². The van der Waals surface area contributed by atoms with Crippen molar-refractivity contribution in [1.29, 1.82) is 0 Å². The fourth-order valence-corrected chi connectivity index (χ4v) is 2.53. The summed E-state index contributed by atoms with van der Waals surface area (Å²) in [5.41, 5.74) is 2.32. The van der Waals surface area contributed by atoms with Crippen LogP contribution in [0.25, 0.3) is 0 Å². The molecule has 0 aliphatic rings. The highest BCUT2D eigenvalue weighted by atomic mass is 79.9. The number of hydrogen-bond acceptors (Lipinski definition) is 4. The van der Waals surface area contributed by atoms with Crippen molar-refractivity contribution in [2.45, 2.75) is 6.54 Å². The van der Waals surface area contributed by atoms with Crippen molar-refractivity contribution in [3.8, 4) is 0 Å². The molecule has 0 saturated carbocycles. The SMILES string of the molecule is O=C(Nc1cccc(Br)c1)c1ccnc(NCc2cccnc2)c1. The molecule has 3 aromatic rings. The Hall–Kier alpha value is -2.73. The topological polar surface area (TPSA) is 66.9 Å². The molecule has 0 fully saturated rings. The highest BCUT2D eigenvalue weighted by molar-refractivity contribution is 9.10. The molecule has 0 bridgehead atoms. The second-order valence-corrected chi connectivity index (χ2v) is 6.02. The van der Waals surface area contributed by atoms with E-state index in [0.29, 0.717) is 17.9 Å². The number of nitrogens with zero attached hydrogens (tertiary/aromatic N) is 2. The van der Waals surface area contributed by atoms with Crippen molar-refractivity contribution >= 4 is 33.3 Å². The zero-order valence-corrected chi connectivity index (χ0v) is 14.3. The maximum Gasteiger partial charge on any atom is 0.255 e. The third-order valence-corrected chi connectivity index (χ3v) is 3.79. The maximum absolute atomic E-state index is 12.4. The number of rotatable bonds is 5. The van der Waals surface area contributed by atoms with Crippen molar-refractivity contribution in [2.75, 3.05) is 10.6 Å². The number of carbonyl (C=O) groups excluding carboxylic acids is 1. The van der Waals surface area contributed by atoms with Gasteiger partial charge in [0.1, 0.15) is 5.82 Å². The van der Waals surface area contributed by atoms with Gasteiger partial charge in [0.15, 0.2) is 0 Å². The molecule has 2 N–H and O–H groups in total. The Morgan fingerprint density at radius 1 is 1.08 bits per heavy atom. The number of anilines is 2. The third-order valence-electron chi connectivity index (χ3n) is 3.30. The molecule has 0 spiro atoms. The summed E-state index contributed by atoms with van der Waals surface area (Å²) in [6, 6.07) is 14.7. The van der Waals surface area contributed by atoms with Gasteiger partial charge >= 0.3 is 0 Å². The van der Waals surface area contributed by atoms with Crippen molar-refractivity contribution in [3.05, 3.63) is 82.7 Å². The Morgan fingerprint density at radius 2 is 2.00 bits per heavy atom. The number of aromatic nitrogens is 2. The van der Waals surface area contributed by atoms with Crippen LogP contribution in [-0.4, -0.2) is 15.9 Å². The van der Waals surface area contributed by atoms with E-state index >= 15 is 0 Å². The number of halogens is 1. The zero-order valence-electron chi connectivity index (χ0n) is 12.7. The van der Waals surface area contributed by atoms with Crippen LogP contribution in [0.2, 0.25) is 0 Å². The predicted molar refractivity (Wildman–Crippen MR) is 97.9 cm³/mol. The van der Waals surface area contributed by atoms with Gasteiger partial charge in [-0.25, -0.2) is 4.98 Å². The summed E-state index contributed by atoms with van der Waals surface area (Å²) in [7, 11) is 0. The van der Waals surface area contributed by atoms with Gasteiger partial charge in [0, 0.05) is 40.9 Å². The van der Waals surface area contributed by atoms with E-state index in [9.17, 15) is 4.79 Å². The Bertz CT molecular complexity index is 839. The average molecular weight is 383 g/mol. The second kappa shape index (κ2) is 7.70. The van der Waals surface area contributed by atoms with Crippen LogP contribution in [0.5, 0.6) is 0 Å². The molecule has 0 radical (unpaired) electrons. The minimum Gasteiger partial charge on any atom is -0.366 e. The van der Waals surface area contributed by atoms with E-state index in [1.807, 2.05) is 36.4 Å². The molecule has 5 nitrogen and oxygen atoms in total. The number of benzene rings is 1. The standard InChI is InChI=1S/C18H15BrN4O/c19-15-4-1-5-16(10-15)23-18(24)14-6-8-21-17(9-14)22-12-13-3-2-7-20-11-13/h1-11H,12H2,(H,21,22)(H,23,24). The molecule has 0 aliphatic carbocycles. The molecule has 1 amide bonds. The minimum atomic E-state index is -0.181. The monoisotopic (exact) mass is 382 g/mol. The summed E-state index contributed by atoms with van der Waals surface area (Å²) in [5, 5.41) is 6.06. The van der Waals surface area contributed by atoms with Crippen LogP contribution in [-0.2, 0) is 6.54 Å². The van der Waals surface area contributed by atoms with E-state index in [1.54, 1.807) is 30.7 Å². The largest absolute Gasteiger partial charge is 0.366 e. The van der Waals surface area contributed by atoms with Gasteiger partial charge in [-0.2, -0.15) is 0 Å².